The number of carbonyl (C=O) groups excluding carboxylic acids is 2. The van der Waals surface area contributed by atoms with Crippen molar-refractivity contribution in [3.05, 3.63) is 53.1 Å². The Morgan fingerprint density at radius 2 is 1.61 bits per heavy atom. The predicted molar refractivity (Wildman–Crippen MR) is 164 cm³/mol. The lowest BCUT2D eigenvalue weighted by atomic mass is 9.75. The SMILES string of the molecule is COCCOCCOCCOCCOCCCCn1c(CN2C(=O)C3(CN(C=O)C3)c3ccncc32)nc2cc(Cl)ccc21. The first kappa shape index (κ1) is 32.3. The largest absolute Gasteiger partial charge is 0.382 e. The van der Waals surface area contributed by atoms with Crippen LogP contribution in [-0.2, 0) is 51.8 Å². The van der Waals surface area contributed by atoms with E-state index >= 15 is 0 Å². The molecule has 1 aromatic carbocycles. The zero-order valence-electron chi connectivity index (χ0n) is 25.1. The maximum absolute atomic E-state index is 13.8. The monoisotopic (exact) mass is 629 g/mol. The van der Waals surface area contributed by atoms with Crippen molar-refractivity contribution in [2.75, 3.05) is 84.6 Å². The molecule has 0 N–H and O–H groups in total. The van der Waals surface area contributed by atoms with Gasteiger partial charge in [-0.25, -0.2) is 4.98 Å². The number of benzene rings is 1. The average molecular weight is 630 g/mol. The zero-order chi connectivity index (χ0) is 30.8. The molecule has 0 aliphatic carbocycles. The van der Waals surface area contributed by atoms with Gasteiger partial charge in [0.2, 0.25) is 12.3 Å². The van der Waals surface area contributed by atoms with E-state index in [0.717, 1.165) is 47.4 Å². The Bertz CT molecular complexity index is 1400. The van der Waals surface area contributed by atoms with Gasteiger partial charge in [-0.3, -0.25) is 14.6 Å². The molecule has 2 amide bonds. The van der Waals surface area contributed by atoms with Gasteiger partial charge >= 0.3 is 0 Å². The summed E-state index contributed by atoms with van der Waals surface area (Å²) in [5.74, 6) is 0.747. The summed E-state index contributed by atoms with van der Waals surface area (Å²) in [6.45, 7) is 6.66. The third-order valence-corrected chi connectivity index (χ3v) is 8.15. The van der Waals surface area contributed by atoms with Crippen LogP contribution in [0.5, 0.6) is 0 Å². The molecule has 12 nitrogen and oxygen atoms in total. The third kappa shape index (κ3) is 7.39. The van der Waals surface area contributed by atoms with Gasteiger partial charge in [0, 0.05) is 44.6 Å². The molecule has 5 rings (SSSR count). The summed E-state index contributed by atoms with van der Waals surface area (Å²) in [7, 11) is 1.64. The Morgan fingerprint density at radius 3 is 2.30 bits per heavy atom. The number of ether oxygens (including phenoxy) is 5. The van der Waals surface area contributed by atoms with Crippen molar-refractivity contribution in [2.45, 2.75) is 31.3 Å². The molecule has 1 saturated heterocycles. The first-order chi connectivity index (χ1) is 21.6. The molecule has 4 heterocycles. The van der Waals surface area contributed by atoms with Crippen LogP contribution in [0.3, 0.4) is 0 Å². The van der Waals surface area contributed by atoms with Gasteiger partial charge in [0.15, 0.2) is 0 Å². The van der Waals surface area contributed by atoms with Gasteiger partial charge in [-0.05, 0) is 42.7 Å². The fraction of sp³-hybridized carbons (Fsp3) is 0.548. The van der Waals surface area contributed by atoms with Gasteiger partial charge in [-0.2, -0.15) is 0 Å². The number of amides is 2. The van der Waals surface area contributed by atoms with Crippen molar-refractivity contribution in [2.24, 2.45) is 0 Å². The van der Waals surface area contributed by atoms with Crippen LogP contribution >= 0.6 is 11.6 Å². The maximum atomic E-state index is 13.8. The highest BCUT2D eigenvalue weighted by Crippen LogP contribution is 2.47. The number of hydrogen-bond donors (Lipinski definition) is 0. The number of aromatic nitrogens is 3. The average Bonchev–Trinajstić information content (AvgIpc) is 3.47. The molecule has 0 atom stereocenters. The van der Waals surface area contributed by atoms with E-state index in [1.54, 1.807) is 29.3 Å². The van der Waals surface area contributed by atoms with E-state index in [0.29, 0.717) is 90.7 Å². The van der Waals surface area contributed by atoms with Crippen LogP contribution < -0.4 is 4.90 Å². The molecular formula is C31H40ClN5O7. The molecule has 2 aliphatic heterocycles. The van der Waals surface area contributed by atoms with Crippen LogP contribution in [0.25, 0.3) is 11.0 Å². The molecule has 3 aromatic rings. The van der Waals surface area contributed by atoms with E-state index in [9.17, 15) is 9.59 Å². The number of rotatable bonds is 20. The van der Waals surface area contributed by atoms with Crippen LogP contribution in [0, 0.1) is 0 Å². The lowest BCUT2D eigenvalue weighted by molar-refractivity contribution is -0.135. The van der Waals surface area contributed by atoms with Gasteiger partial charge in [0.1, 0.15) is 11.2 Å². The number of carbonyl (C=O) groups is 2. The molecule has 0 bridgehead atoms. The molecule has 0 radical (unpaired) electrons. The molecule has 1 fully saturated rings. The van der Waals surface area contributed by atoms with Crippen LogP contribution in [0.1, 0.15) is 24.2 Å². The quantitative estimate of drug-likeness (QED) is 0.137. The number of pyridine rings is 1. The van der Waals surface area contributed by atoms with Crippen molar-refractivity contribution in [3.8, 4) is 0 Å². The molecule has 2 aliphatic rings. The summed E-state index contributed by atoms with van der Waals surface area (Å²) in [4.78, 5) is 37.7. The van der Waals surface area contributed by atoms with Crippen molar-refractivity contribution in [3.63, 3.8) is 0 Å². The number of fused-ring (bicyclic) bond motifs is 3. The van der Waals surface area contributed by atoms with Crippen molar-refractivity contribution in [1.29, 1.82) is 0 Å². The summed E-state index contributed by atoms with van der Waals surface area (Å²) in [5, 5.41) is 0.608. The summed E-state index contributed by atoms with van der Waals surface area (Å²) in [5.41, 5.74) is 2.72. The van der Waals surface area contributed by atoms with Gasteiger partial charge < -0.3 is 38.1 Å². The number of likely N-dealkylation sites (tertiary alicyclic amines) is 1. The second-order valence-corrected chi connectivity index (χ2v) is 11.3. The van der Waals surface area contributed by atoms with Crippen molar-refractivity contribution >= 4 is 40.6 Å². The Kier molecular flexibility index (Phi) is 11.5. The highest BCUT2D eigenvalue weighted by molar-refractivity contribution is 6.31. The van der Waals surface area contributed by atoms with Crippen LogP contribution in [-0.4, -0.2) is 111 Å². The zero-order valence-corrected chi connectivity index (χ0v) is 25.9. The van der Waals surface area contributed by atoms with Crippen molar-refractivity contribution < 1.29 is 33.3 Å². The number of unbranched alkanes of at least 4 members (excludes halogenated alkanes) is 1. The van der Waals surface area contributed by atoms with E-state index in [1.807, 2.05) is 24.3 Å². The summed E-state index contributed by atoms with van der Waals surface area (Å²) in [6, 6.07) is 7.56. The summed E-state index contributed by atoms with van der Waals surface area (Å²) in [6.07, 6.45) is 5.95. The maximum Gasteiger partial charge on any atom is 0.241 e. The minimum absolute atomic E-state index is 0.0237. The van der Waals surface area contributed by atoms with E-state index in [2.05, 4.69) is 9.55 Å². The predicted octanol–water partition coefficient (Wildman–Crippen LogP) is 2.83. The van der Waals surface area contributed by atoms with Crippen LogP contribution in [0.15, 0.2) is 36.7 Å². The molecule has 44 heavy (non-hydrogen) atoms. The smallest absolute Gasteiger partial charge is 0.241 e. The topological polar surface area (TPSA) is 117 Å². The van der Waals surface area contributed by atoms with Crippen LogP contribution in [0.4, 0.5) is 5.69 Å². The van der Waals surface area contributed by atoms with E-state index < -0.39 is 5.41 Å². The molecule has 0 saturated carbocycles. The molecule has 238 valence electrons. The van der Waals surface area contributed by atoms with E-state index in [-0.39, 0.29) is 5.91 Å². The highest BCUT2D eigenvalue weighted by Gasteiger charge is 2.58. The highest BCUT2D eigenvalue weighted by atomic mass is 35.5. The second kappa shape index (κ2) is 15.7. The van der Waals surface area contributed by atoms with E-state index in [4.69, 9.17) is 40.3 Å². The molecule has 13 heteroatoms. The number of halogens is 1. The van der Waals surface area contributed by atoms with Gasteiger partial charge in [0.25, 0.3) is 0 Å². The molecule has 2 aromatic heterocycles. The number of aryl methyl sites for hydroxylation is 1. The Labute approximate surface area is 262 Å². The van der Waals surface area contributed by atoms with E-state index in [1.165, 1.54) is 0 Å². The van der Waals surface area contributed by atoms with Crippen LogP contribution in [0.2, 0.25) is 5.02 Å². The first-order valence-electron chi connectivity index (χ1n) is 15.0. The second-order valence-electron chi connectivity index (χ2n) is 10.8. The Hall–Kier alpha value is -3.13. The number of anilines is 1. The van der Waals surface area contributed by atoms with Gasteiger partial charge in [-0.15, -0.1) is 0 Å². The van der Waals surface area contributed by atoms with Gasteiger partial charge in [0.05, 0.1) is 82.3 Å². The minimum atomic E-state index is -0.716. The molecule has 0 unspecified atom stereocenters. The fourth-order valence-electron chi connectivity index (χ4n) is 5.72. The molecule has 1 spiro atoms. The van der Waals surface area contributed by atoms with Crippen molar-refractivity contribution in [1.82, 2.24) is 19.4 Å². The lowest BCUT2D eigenvalue weighted by Crippen LogP contribution is -2.63. The Balaban J connectivity index is 1.09. The standard InChI is InChI=1S/C31H40ClN5O7/c1-40-10-11-42-14-15-44-17-16-43-13-12-41-9-3-2-8-36-27-5-4-24(32)18-26(27)34-29(36)20-37-28-19-33-7-6-25(28)31(30(37)39)21-35(22-31)23-38/h4-7,18-19,23H,2-3,8-17,20-22H2,1H3. The number of hydrogen-bond acceptors (Lipinski definition) is 9. The first-order valence-corrected chi connectivity index (χ1v) is 15.4. The normalized spacial score (nSPS) is 15.4. The number of imidazole rings is 1. The third-order valence-electron chi connectivity index (χ3n) is 7.91. The minimum Gasteiger partial charge on any atom is -0.382 e. The summed E-state index contributed by atoms with van der Waals surface area (Å²) >= 11 is 6.28. The number of methoxy groups -OCH3 is 1. The fourth-order valence-corrected chi connectivity index (χ4v) is 5.88. The molecular weight excluding hydrogens is 590 g/mol. The number of nitrogens with zero attached hydrogens (tertiary/aromatic N) is 5. The van der Waals surface area contributed by atoms with Gasteiger partial charge in [-0.1, -0.05) is 11.6 Å². The Morgan fingerprint density at radius 1 is 0.932 bits per heavy atom. The lowest BCUT2D eigenvalue weighted by Gasteiger charge is -2.44. The summed E-state index contributed by atoms with van der Waals surface area (Å²) < 4.78 is 29.2.